The summed E-state index contributed by atoms with van der Waals surface area (Å²) in [4.78, 5) is 4.54. The maximum atomic E-state index is 4.59. The predicted octanol–water partition coefficient (Wildman–Crippen LogP) is 4.29. The van der Waals surface area contributed by atoms with E-state index in [-0.39, 0.29) is 10.8 Å². The van der Waals surface area contributed by atoms with Crippen LogP contribution in [0.25, 0.3) is 10.1 Å². The van der Waals surface area contributed by atoms with Gasteiger partial charge in [0.05, 0.1) is 10.4 Å². The number of aromatic nitrogens is 2. The predicted molar refractivity (Wildman–Crippen MR) is 74.8 cm³/mol. The van der Waals surface area contributed by atoms with Gasteiger partial charge in [-0.05, 0) is 17.6 Å². The molecular formula is C14H20N2S. The number of rotatable bonds is 0. The molecular weight excluding hydrogens is 228 g/mol. The van der Waals surface area contributed by atoms with Crippen molar-refractivity contribution >= 4 is 21.6 Å². The normalized spacial score (nSPS) is 13.3. The minimum Gasteiger partial charge on any atom is -0.259 e. The molecule has 0 atom stereocenters. The van der Waals surface area contributed by atoms with Crippen molar-refractivity contribution in [3.05, 3.63) is 23.7 Å². The quantitative estimate of drug-likeness (QED) is 0.695. The summed E-state index contributed by atoms with van der Waals surface area (Å²) in [5.41, 5.74) is 2.50. The molecule has 0 amide bonds. The smallest absolute Gasteiger partial charge is 0.0736 e. The van der Waals surface area contributed by atoms with Crippen LogP contribution in [0.2, 0.25) is 0 Å². The standard InChI is InChI=1S/C14H20N2S/c1-13(2,3)11-7-9-10(8-15-11)17-16-12(9)14(4,5)6/h7-8H,1-6H3. The third-order valence-corrected chi connectivity index (χ3v) is 3.63. The lowest BCUT2D eigenvalue weighted by Gasteiger charge is -2.19. The van der Waals surface area contributed by atoms with Crippen molar-refractivity contribution in [2.24, 2.45) is 0 Å². The lowest BCUT2D eigenvalue weighted by molar-refractivity contribution is 0.567. The fourth-order valence-corrected chi connectivity index (χ4v) is 2.71. The third kappa shape index (κ3) is 2.34. The highest BCUT2D eigenvalue weighted by Crippen LogP contribution is 2.33. The first kappa shape index (κ1) is 12.5. The maximum absolute atomic E-state index is 4.59. The van der Waals surface area contributed by atoms with Crippen LogP contribution in [0.3, 0.4) is 0 Å². The Hall–Kier alpha value is -0.960. The van der Waals surface area contributed by atoms with Crippen molar-refractivity contribution in [1.82, 2.24) is 9.36 Å². The highest BCUT2D eigenvalue weighted by atomic mass is 32.1. The molecule has 0 N–H and O–H groups in total. The molecule has 0 unspecified atom stereocenters. The number of pyridine rings is 1. The summed E-state index contributed by atoms with van der Waals surface area (Å²) in [5.74, 6) is 0. The molecule has 2 aromatic rings. The highest BCUT2D eigenvalue weighted by molar-refractivity contribution is 7.13. The number of fused-ring (bicyclic) bond motifs is 1. The topological polar surface area (TPSA) is 25.8 Å². The van der Waals surface area contributed by atoms with E-state index in [1.807, 2.05) is 6.20 Å². The van der Waals surface area contributed by atoms with E-state index in [0.29, 0.717) is 0 Å². The summed E-state index contributed by atoms with van der Waals surface area (Å²) >= 11 is 1.55. The lowest BCUT2D eigenvalue weighted by atomic mass is 9.87. The first-order chi connectivity index (χ1) is 7.69. The van der Waals surface area contributed by atoms with E-state index in [4.69, 9.17) is 0 Å². The van der Waals surface area contributed by atoms with Crippen LogP contribution >= 0.6 is 11.5 Å². The number of hydrogen-bond donors (Lipinski definition) is 0. The molecule has 0 aliphatic carbocycles. The second-order valence-electron chi connectivity index (χ2n) is 6.60. The average Bonchev–Trinajstić information content (AvgIpc) is 2.57. The zero-order chi connectivity index (χ0) is 12.8. The Kier molecular flexibility index (Phi) is 2.77. The summed E-state index contributed by atoms with van der Waals surface area (Å²) in [7, 11) is 0. The van der Waals surface area contributed by atoms with Gasteiger partial charge in [0.2, 0.25) is 0 Å². The van der Waals surface area contributed by atoms with Crippen LogP contribution in [0, 0.1) is 0 Å². The molecule has 0 spiro atoms. The lowest BCUT2D eigenvalue weighted by Crippen LogP contribution is -2.14. The van der Waals surface area contributed by atoms with Crippen molar-refractivity contribution in [3.63, 3.8) is 0 Å². The average molecular weight is 248 g/mol. The molecule has 17 heavy (non-hydrogen) atoms. The molecule has 0 aliphatic heterocycles. The van der Waals surface area contributed by atoms with Crippen LogP contribution in [-0.2, 0) is 10.8 Å². The second-order valence-corrected chi connectivity index (χ2v) is 7.40. The molecule has 3 heteroatoms. The Bertz CT molecular complexity index is 541. The first-order valence-electron chi connectivity index (χ1n) is 5.96. The molecule has 2 heterocycles. The second kappa shape index (κ2) is 3.77. The van der Waals surface area contributed by atoms with Crippen LogP contribution in [0.5, 0.6) is 0 Å². The summed E-state index contributed by atoms with van der Waals surface area (Å²) in [6.45, 7) is 13.2. The molecule has 0 radical (unpaired) electrons. The fourth-order valence-electron chi connectivity index (χ4n) is 1.80. The Balaban J connectivity index is 2.67. The highest BCUT2D eigenvalue weighted by Gasteiger charge is 2.23. The Morgan fingerprint density at radius 2 is 1.65 bits per heavy atom. The Labute approximate surface area is 107 Å². The molecule has 0 bridgehead atoms. The van der Waals surface area contributed by atoms with E-state index >= 15 is 0 Å². The molecule has 2 rings (SSSR count). The number of hydrogen-bond acceptors (Lipinski definition) is 3. The Morgan fingerprint density at radius 1 is 1.00 bits per heavy atom. The summed E-state index contributed by atoms with van der Waals surface area (Å²) in [6, 6.07) is 2.21. The van der Waals surface area contributed by atoms with Gasteiger partial charge in [-0.2, -0.15) is 4.37 Å². The zero-order valence-corrected chi connectivity index (χ0v) is 12.3. The molecule has 0 aliphatic rings. The SMILES string of the molecule is CC(C)(C)c1cc2c(C(C)(C)C)nsc2cn1. The first-order valence-corrected chi connectivity index (χ1v) is 6.73. The molecule has 2 aromatic heterocycles. The van der Waals surface area contributed by atoms with E-state index in [0.717, 1.165) is 5.69 Å². The molecule has 2 nitrogen and oxygen atoms in total. The van der Waals surface area contributed by atoms with Crippen LogP contribution in [0.1, 0.15) is 52.9 Å². The van der Waals surface area contributed by atoms with Crippen molar-refractivity contribution in [2.75, 3.05) is 0 Å². The fraction of sp³-hybridized carbons (Fsp3) is 0.571. The van der Waals surface area contributed by atoms with Crippen molar-refractivity contribution in [3.8, 4) is 0 Å². The van der Waals surface area contributed by atoms with Gasteiger partial charge in [-0.15, -0.1) is 0 Å². The van der Waals surface area contributed by atoms with E-state index in [1.54, 1.807) is 11.5 Å². The van der Waals surface area contributed by atoms with Crippen LogP contribution < -0.4 is 0 Å². The van der Waals surface area contributed by atoms with Gasteiger partial charge in [0.1, 0.15) is 0 Å². The van der Waals surface area contributed by atoms with E-state index in [1.165, 1.54) is 15.8 Å². The summed E-state index contributed by atoms with van der Waals surface area (Å²) in [5, 5.41) is 1.27. The minimum atomic E-state index is 0.0886. The molecule has 0 fully saturated rings. The van der Waals surface area contributed by atoms with Gasteiger partial charge in [0.25, 0.3) is 0 Å². The molecule has 0 saturated carbocycles. The van der Waals surface area contributed by atoms with Gasteiger partial charge in [0, 0.05) is 28.1 Å². The van der Waals surface area contributed by atoms with E-state index in [9.17, 15) is 0 Å². The van der Waals surface area contributed by atoms with Crippen LogP contribution in [-0.4, -0.2) is 9.36 Å². The number of nitrogens with zero attached hydrogens (tertiary/aromatic N) is 2. The largest absolute Gasteiger partial charge is 0.259 e. The Morgan fingerprint density at radius 3 is 2.18 bits per heavy atom. The van der Waals surface area contributed by atoms with Crippen molar-refractivity contribution in [2.45, 2.75) is 52.4 Å². The summed E-state index contributed by atoms with van der Waals surface area (Å²) in [6.07, 6.45) is 1.96. The van der Waals surface area contributed by atoms with E-state index < -0.39 is 0 Å². The molecule has 0 saturated heterocycles. The van der Waals surface area contributed by atoms with Gasteiger partial charge in [-0.25, -0.2) is 0 Å². The van der Waals surface area contributed by atoms with Crippen molar-refractivity contribution < 1.29 is 0 Å². The molecule has 0 aromatic carbocycles. The monoisotopic (exact) mass is 248 g/mol. The van der Waals surface area contributed by atoms with Gasteiger partial charge in [-0.1, -0.05) is 41.5 Å². The van der Waals surface area contributed by atoms with Gasteiger partial charge < -0.3 is 0 Å². The van der Waals surface area contributed by atoms with Crippen LogP contribution in [0.15, 0.2) is 12.3 Å². The van der Waals surface area contributed by atoms with Gasteiger partial charge in [-0.3, -0.25) is 4.98 Å². The van der Waals surface area contributed by atoms with Crippen molar-refractivity contribution in [1.29, 1.82) is 0 Å². The van der Waals surface area contributed by atoms with E-state index in [2.05, 4.69) is 57.0 Å². The maximum Gasteiger partial charge on any atom is 0.0736 e. The van der Waals surface area contributed by atoms with Crippen LogP contribution in [0.4, 0.5) is 0 Å². The third-order valence-electron chi connectivity index (χ3n) is 2.84. The van der Waals surface area contributed by atoms with Gasteiger partial charge in [0.15, 0.2) is 0 Å². The summed E-state index contributed by atoms with van der Waals surface area (Å²) < 4.78 is 5.77. The zero-order valence-electron chi connectivity index (χ0n) is 11.5. The molecule has 92 valence electrons. The van der Waals surface area contributed by atoms with Gasteiger partial charge >= 0.3 is 0 Å². The minimum absolute atomic E-state index is 0.0886.